The summed E-state index contributed by atoms with van der Waals surface area (Å²) in [5.41, 5.74) is 4.00. The zero-order valence-electron chi connectivity index (χ0n) is 15.8. The van der Waals surface area contributed by atoms with Crippen molar-refractivity contribution in [2.24, 2.45) is 5.92 Å². The molecule has 2 fully saturated rings. The fraction of sp³-hybridized carbons (Fsp3) is 0.348. The molecule has 4 rings (SSSR count). The molecule has 140 valence electrons. The lowest BCUT2D eigenvalue weighted by Crippen LogP contribution is -2.62. The molecule has 2 heterocycles. The van der Waals surface area contributed by atoms with Gasteiger partial charge in [0.05, 0.1) is 12.1 Å². The Hall–Kier alpha value is -2.17. The minimum atomic E-state index is 0.240. The van der Waals surface area contributed by atoms with Gasteiger partial charge in [0, 0.05) is 19.0 Å². The Morgan fingerprint density at radius 3 is 2.37 bits per heavy atom. The van der Waals surface area contributed by atoms with Gasteiger partial charge in [0.25, 0.3) is 0 Å². The second-order valence-corrected chi connectivity index (χ2v) is 7.92. The summed E-state index contributed by atoms with van der Waals surface area (Å²) in [5.74, 6) is 0.439. The Labute approximate surface area is 167 Å². The molecule has 2 aliphatic rings. The predicted octanol–water partition coefficient (Wildman–Crippen LogP) is 4.00. The third-order valence-corrected chi connectivity index (χ3v) is 5.79. The zero-order valence-corrected chi connectivity index (χ0v) is 16.6. The molecular formula is C23H27N3S. The summed E-state index contributed by atoms with van der Waals surface area (Å²) in [6, 6.07) is 21.9. The number of rotatable bonds is 4. The van der Waals surface area contributed by atoms with E-state index >= 15 is 0 Å². The summed E-state index contributed by atoms with van der Waals surface area (Å²) in [5, 5.41) is 7.88. The third kappa shape index (κ3) is 4.07. The summed E-state index contributed by atoms with van der Waals surface area (Å²) >= 11 is 5.59. The van der Waals surface area contributed by atoms with Gasteiger partial charge in [0.2, 0.25) is 0 Å². The van der Waals surface area contributed by atoms with Gasteiger partial charge in [-0.1, -0.05) is 73.7 Å². The zero-order chi connectivity index (χ0) is 18.6. The molecule has 2 N–H and O–H groups in total. The molecule has 0 aromatic heterocycles. The third-order valence-electron chi connectivity index (χ3n) is 5.55. The van der Waals surface area contributed by atoms with Gasteiger partial charge in [-0.15, -0.1) is 0 Å². The summed E-state index contributed by atoms with van der Waals surface area (Å²) < 4.78 is 0. The van der Waals surface area contributed by atoms with E-state index in [-0.39, 0.29) is 12.1 Å². The molecular weight excluding hydrogens is 350 g/mol. The lowest BCUT2D eigenvalue weighted by molar-refractivity contribution is 0.154. The van der Waals surface area contributed by atoms with Crippen LogP contribution in [0.4, 0.5) is 0 Å². The molecule has 0 spiro atoms. The fourth-order valence-electron chi connectivity index (χ4n) is 4.40. The van der Waals surface area contributed by atoms with E-state index in [1.165, 1.54) is 23.1 Å². The van der Waals surface area contributed by atoms with Crippen molar-refractivity contribution in [2.45, 2.75) is 25.4 Å². The minimum Gasteiger partial charge on any atom is -0.356 e. The van der Waals surface area contributed by atoms with Gasteiger partial charge in [-0.05, 0) is 41.9 Å². The van der Waals surface area contributed by atoms with Crippen molar-refractivity contribution in [1.29, 1.82) is 0 Å². The van der Waals surface area contributed by atoms with Gasteiger partial charge < -0.3 is 10.6 Å². The molecule has 27 heavy (non-hydrogen) atoms. The molecule has 0 unspecified atom stereocenters. The molecule has 0 saturated carbocycles. The van der Waals surface area contributed by atoms with Crippen molar-refractivity contribution in [2.75, 3.05) is 19.6 Å². The summed E-state index contributed by atoms with van der Waals surface area (Å²) in [7, 11) is 0. The monoisotopic (exact) mass is 377 g/mol. The van der Waals surface area contributed by atoms with Crippen LogP contribution in [0.25, 0.3) is 6.08 Å². The van der Waals surface area contributed by atoms with E-state index in [4.69, 9.17) is 12.2 Å². The van der Waals surface area contributed by atoms with Crippen LogP contribution in [0, 0.1) is 5.92 Å². The van der Waals surface area contributed by atoms with Gasteiger partial charge in [0.15, 0.2) is 5.11 Å². The topological polar surface area (TPSA) is 27.3 Å². The van der Waals surface area contributed by atoms with Crippen molar-refractivity contribution < 1.29 is 0 Å². The van der Waals surface area contributed by atoms with E-state index < -0.39 is 0 Å². The van der Waals surface area contributed by atoms with Crippen LogP contribution in [0.2, 0.25) is 0 Å². The highest BCUT2D eigenvalue weighted by molar-refractivity contribution is 7.80. The first kappa shape index (κ1) is 18.2. The molecule has 3 nitrogen and oxygen atoms in total. The Kier molecular flexibility index (Phi) is 5.55. The first-order valence-corrected chi connectivity index (χ1v) is 10.3. The Balaban J connectivity index is 1.71. The first-order chi connectivity index (χ1) is 13.2. The molecule has 0 aliphatic carbocycles. The maximum Gasteiger partial charge on any atom is 0.167 e. The number of nitrogens with one attached hydrogen (secondary N) is 2. The number of benzene rings is 2. The largest absolute Gasteiger partial charge is 0.356 e. The van der Waals surface area contributed by atoms with Crippen LogP contribution in [0.15, 0.2) is 66.2 Å². The van der Waals surface area contributed by atoms with E-state index in [0.29, 0.717) is 5.92 Å². The van der Waals surface area contributed by atoms with E-state index in [2.05, 4.69) is 89.2 Å². The first-order valence-electron chi connectivity index (χ1n) is 9.84. The molecule has 0 bridgehead atoms. The summed E-state index contributed by atoms with van der Waals surface area (Å²) in [4.78, 5) is 2.59. The highest BCUT2D eigenvalue weighted by Crippen LogP contribution is 2.35. The van der Waals surface area contributed by atoms with Crippen molar-refractivity contribution in [3.63, 3.8) is 0 Å². The standard InChI is InChI=1S/C23H27N3S/c1-2-13-26-15-19(14-17-9-5-3-6-10-17)22-20(16-26)21(24-23(27)25-22)18-11-7-4-8-12-18/h3-12,14,20-22H,2,13,15-16H2,1H3,(H2,24,25,27)/b19-14+/t20-,21+,22-/m0/s1. The fourth-order valence-corrected chi connectivity index (χ4v) is 4.66. The Bertz CT molecular complexity index is 803. The quantitative estimate of drug-likeness (QED) is 0.788. The average Bonchev–Trinajstić information content (AvgIpc) is 2.70. The highest BCUT2D eigenvalue weighted by Gasteiger charge is 2.41. The van der Waals surface area contributed by atoms with Gasteiger partial charge in [-0.2, -0.15) is 0 Å². The van der Waals surface area contributed by atoms with Gasteiger partial charge in [-0.25, -0.2) is 0 Å². The van der Waals surface area contributed by atoms with Gasteiger partial charge >= 0.3 is 0 Å². The van der Waals surface area contributed by atoms with Gasteiger partial charge in [0.1, 0.15) is 0 Å². The summed E-state index contributed by atoms with van der Waals surface area (Å²) in [6.07, 6.45) is 3.52. The number of nitrogens with zero attached hydrogens (tertiary/aromatic N) is 1. The van der Waals surface area contributed by atoms with Crippen molar-refractivity contribution in [1.82, 2.24) is 15.5 Å². The van der Waals surface area contributed by atoms with Crippen molar-refractivity contribution in [3.8, 4) is 0 Å². The molecule has 2 aliphatic heterocycles. The van der Waals surface area contributed by atoms with Crippen LogP contribution in [0.5, 0.6) is 0 Å². The van der Waals surface area contributed by atoms with E-state index in [9.17, 15) is 0 Å². The Morgan fingerprint density at radius 2 is 1.67 bits per heavy atom. The van der Waals surface area contributed by atoms with Crippen molar-refractivity contribution in [3.05, 3.63) is 77.4 Å². The van der Waals surface area contributed by atoms with E-state index in [1.54, 1.807) is 0 Å². The Morgan fingerprint density at radius 1 is 1.00 bits per heavy atom. The molecule has 2 saturated heterocycles. The molecule has 2 aromatic rings. The van der Waals surface area contributed by atoms with Crippen LogP contribution in [-0.4, -0.2) is 35.7 Å². The second kappa shape index (κ2) is 8.24. The molecule has 0 amide bonds. The number of hydrogen-bond acceptors (Lipinski definition) is 2. The molecule has 2 aromatic carbocycles. The second-order valence-electron chi connectivity index (χ2n) is 7.51. The lowest BCUT2D eigenvalue weighted by Gasteiger charge is -2.48. The predicted molar refractivity (Wildman–Crippen MR) is 116 cm³/mol. The number of likely N-dealkylation sites (tertiary alicyclic amines) is 1. The smallest absolute Gasteiger partial charge is 0.167 e. The SMILES string of the molecule is CCCN1C/C(=C\c2ccccc2)[C@@H]2NC(=S)N[C@H](c3ccccc3)[C@@H]2C1. The highest BCUT2D eigenvalue weighted by atomic mass is 32.1. The van der Waals surface area contributed by atoms with Crippen LogP contribution in [-0.2, 0) is 0 Å². The molecule has 0 radical (unpaired) electrons. The van der Waals surface area contributed by atoms with Crippen LogP contribution >= 0.6 is 12.2 Å². The average molecular weight is 378 g/mol. The van der Waals surface area contributed by atoms with E-state index in [1.807, 2.05) is 0 Å². The van der Waals surface area contributed by atoms with Crippen LogP contribution in [0.1, 0.15) is 30.5 Å². The van der Waals surface area contributed by atoms with E-state index in [0.717, 1.165) is 24.7 Å². The lowest BCUT2D eigenvalue weighted by atomic mass is 9.78. The number of thiocarbonyl (C=S) groups is 1. The number of hydrogen-bond donors (Lipinski definition) is 2. The van der Waals surface area contributed by atoms with Crippen LogP contribution in [0.3, 0.4) is 0 Å². The summed E-state index contributed by atoms with van der Waals surface area (Å²) in [6.45, 7) is 5.46. The number of fused-ring (bicyclic) bond motifs is 1. The molecule has 4 heteroatoms. The number of piperidine rings is 1. The van der Waals surface area contributed by atoms with Crippen LogP contribution < -0.4 is 10.6 Å². The minimum absolute atomic E-state index is 0.240. The maximum absolute atomic E-state index is 5.59. The van der Waals surface area contributed by atoms with Gasteiger partial charge in [-0.3, -0.25) is 4.90 Å². The van der Waals surface area contributed by atoms with Crippen molar-refractivity contribution >= 4 is 23.4 Å². The molecule has 3 atom stereocenters. The maximum atomic E-state index is 5.59. The normalized spacial score (nSPS) is 26.9.